The molecule has 0 radical (unpaired) electrons. The van der Waals surface area contributed by atoms with E-state index in [1.165, 1.54) is 5.56 Å². The number of guanidine groups is 1. The number of nitrogens with zero attached hydrogens (tertiary/aromatic N) is 4. The molecule has 1 aromatic carbocycles. The molecular weight excluding hydrogens is 376 g/mol. The van der Waals surface area contributed by atoms with Crippen molar-refractivity contribution in [2.24, 2.45) is 4.99 Å². The minimum absolute atomic E-state index is 0.0527. The van der Waals surface area contributed by atoms with Crippen LogP contribution in [0.2, 0.25) is 5.02 Å². The van der Waals surface area contributed by atoms with Gasteiger partial charge in [-0.15, -0.1) is 0 Å². The lowest BCUT2D eigenvalue weighted by atomic mass is 9.85. The monoisotopic (exact) mass is 404 g/mol. The summed E-state index contributed by atoms with van der Waals surface area (Å²) in [6.45, 7) is 6.38. The molecule has 1 aliphatic rings. The molecule has 2 N–H and O–H groups in total. The first kappa shape index (κ1) is 20.6. The lowest BCUT2D eigenvalue weighted by molar-refractivity contribution is 0.177. The Morgan fingerprint density at radius 3 is 2.79 bits per heavy atom. The summed E-state index contributed by atoms with van der Waals surface area (Å²) in [7, 11) is 3.45. The lowest BCUT2D eigenvalue weighted by Crippen LogP contribution is -2.49. The summed E-state index contributed by atoms with van der Waals surface area (Å²) >= 11 is 6.01. The molecule has 0 fully saturated rings. The molecule has 7 nitrogen and oxygen atoms in total. The number of benzene rings is 1. The van der Waals surface area contributed by atoms with Gasteiger partial charge in [0.05, 0.1) is 6.54 Å². The van der Waals surface area contributed by atoms with E-state index in [1.807, 2.05) is 16.8 Å². The van der Waals surface area contributed by atoms with Crippen LogP contribution in [0.25, 0.3) is 0 Å². The topological polar surface area (TPSA) is 76.4 Å². The van der Waals surface area contributed by atoms with Gasteiger partial charge < -0.3 is 15.4 Å². The quantitative estimate of drug-likeness (QED) is 0.571. The number of methoxy groups -OCH3 is 1. The Bertz CT molecular complexity index is 815. The van der Waals surface area contributed by atoms with Crippen LogP contribution in [0.4, 0.5) is 0 Å². The maximum Gasteiger partial charge on any atom is 0.191 e. The number of halogens is 1. The van der Waals surface area contributed by atoms with Crippen molar-refractivity contribution >= 4 is 17.6 Å². The number of hydrogen-bond acceptors (Lipinski definition) is 4. The summed E-state index contributed by atoms with van der Waals surface area (Å²) in [6.07, 6.45) is 1.88. The van der Waals surface area contributed by atoms with Crippen molar-refractivity contribution in [2.45, 2.75) is 51.3 Å². The first-order valence-corrected chi connectivity index (χ1v) is 9.94. The van der Waals surface area contributed by atoms with E-state index in [2.05, 4.69) is 51.7 Å². The molecule has 0 bridgehead atoms. The highest BCUT2D eigenvalue weighted by Gasteiger charge is 2.24. The standard InChI is InChI=1S/C20H29ClN6O/c1-20(2,14-5-7-15(21)8-6-14)13-23-19(22-3)24-16-9-10-18-25-17(12-28-4)26-27(18)11-16/h5-8,16H,9-13H2,1-4H3,(H2,22,23,24). The number of rotatable bonds is 6. The second kappa shape index (κ2) is 8.92. The van der Waals surface area contributed by atoms with Gasteiger partial charge in [0.15, 0.2) is 11.8 Å². The van der Waals surface area contributed by atoms with Crippen LogP contribution in [0.1, 0.15) is 37.5 Å². The molecule has 152 valence electrons. The van der Waals surface area contributed by atoms with Gasteiger partial charge in [0.1, 0.15) is 12.4 Å². The maximum atomic E-state index is 6.01. The van der Waals surface area contributed by atoms with Crippen molar-refractivity contribution in [3.05, 3.63) is 46.5 Å². The Morgan fingerprint density at radius 2 is 2.11 bits per heavy atom. The molecule has 3 rings (SSSR count). The predicted molar refractivity (Wildman–Crippen MR) is 112 cm³/mol. The first-order chi connectivity index (χ1) is 13.4. The molecule has 1 aliphatic heterocycles. The van der Waals surface area contributed by atoms with Gasteiger partial charge >= 0.3 is 0 Å². The Hall–Kier alpha value is -2.12. The van der Waals surface area contributed by atoms with Crippen LogP contribution in [-0.2, 0) is 29.7 Å². The van der Waals surface area contributed by atoms with E-state index in [1.54, 1.807) is 14.2 Å². The van der Waals surface area contributed by atoms with E-state index in [0.29, 0.717) is 6.61 Å². The zero-order chi connectivity index (χ0) is 20.1. The molecule has 0 amide bonds. The molecule has 8 heteroatoms. The van der Waals surface area contributed by atoms with Gasteiger partial charge in [-0.1, -0.05) is 37.6 Å². The second-order valence-electron chi connectivity index (χ2n) is 7.76. The second-order valence-corrected chi connectivity index (χ2v) is 8.19. The Labute approximate surface area is 171 Å². The van der Waals surface area contributed by atoms with Gasteiger partial charge in [0, 0.05) is 43.6 Å². The maximum absolute atomic E-state index is 6.01. The number of aliphatic imine (C=N–C) groups is 1. The van der Waals surface area contributed by atoms with Gasteiger partial charge in [0.25, 0.3) is 0 Å². The van der Waals surface area contributed by atoms with Crippen LogP contribution < -0.4 is 10.6 Å². The molecule has 28 heavy (non-hydrogen) atoms. The number of fused-ring (bicyclic) bond motifs is 1. The number of hydrogen-bond donors (Lipinski definition) is 2. The van der Waals surface area contributed by atoms with Crippen molar-refractivity contribution in [1.82, 2.24) is 25.4 Å². The normalized spacial score (nSPS) is 17.3. The first-order valence-electron chi connectivity index (χ1n) is 9.56. The van der Waals surface area contributed by atoms with E-state index < -0.39 is 0 Å². The third-order valence-electron chi connectivity index (χ3n) is 5.06. The Balaban J connectivity index is 1.56. The molecular formula is C20H29ClN6O. The Kier molecular flexibility index (Phi) is 6.57. The number of aryl methyl sites for hydroxylation is 1. The van der Waals surface area contributed by atoms with Gasteiger partial charge in [0.2, 0.25) is 0 Å². The zero-order valence-corrected chi connectivity index (χ0v) is 17.8. The third-order valence-corrected chi connectivity index (χ3v) is 5.32. The fourth-order valence-corrected chi connectivity index (χ4v) is 3.49. The van der Waals surface area contributed by atoms with Gasteiger partial charge in [-0.2, -0.15) is 5.10 Å². The molecule has 1 atom stereocenters. The van der Waals surface area contributed by atoms with Crippen LogP contribution in [0.3, 0.4) is 0 Å². The molecule has 0 aliphatic carbocycles. The van der Waals surface area contributed by atoms with Crippen LogP contribution in [0.15, 0.2) is 29.3 Å². The van der Waals surface area contributed by atoms with Crippen molar-refractivity contribution in [2.75, 3.05) is 20.7 Å². The van der Waals surface area contributed by atoms with Crippen molar-refractivity contribution in [3.63, 3.8) is 0 Å². The highest BCUT2D eigenvalue weighted by Crippen LogP contribution is 2.24. The van der Waals surface area contributed by atoms with Crippen molar-refractivity contribution < 1.29 is 4.74 Å². The SMILES string of the molecule is CN=C(NCC(C)(C)c1ccc(Cl)cc1)NC1CCc2nc(COC)nn2C1. The molecule has 2 aromatic rings. The summed E-state index contributed by atoms with van der Waals surface area (Å²) in [5.74, 6) is 2.56. The van der Waals surface area contributed by atoms with Crippen LogP contribution >= 0.6 is 11.6 Å². The number of aromatic nitrogens is 3. The van der Waals surface area contributed by atoms with E-state index >= 15 is 0 Å². The fraction of sp³-hybridized carbons (Fsp3) is 0.550. The molecule has 0 saturated carbocycles. The van der Waals surface area contributed by atoms with E-state index in [4.69, 9.17) is 16.3 Å². The minimum Gasteiger partial charge on any atom is -0.377 e. The van der Waals surface area contributed by atoms with Crippen molar-refractivity contribution in [1.29, 1.82) is 0 Å². The summed E-state index contributed by atoms with van der Waals surface area (Å²) < 4.78 is 7.10. The summed E-state index contributed by atoms with van der Waals surface area (Å²) in [6, 6.07) is 8.27. The number of ether oxygens (including phenoxy) is 1. The van der Waals surface area contributed by atoms with Crippen LogP contribution in [0, 0.1) is 0 Å². The van der Waals surface area contributed by atoms with E-state index in [-0.39, 0.29) is 11.5 Å². The molecule has 0 spiro atoms. The van der Waals surface area contributed by atoms with Gasteiger partial charge in [-0.3, -0.25) is 4.99 Å². The largest absolute Gasteiger partial charge is 0.377 e. The summed E-state index contributed by atoms with van der Waals surface area (Å²) in [4.78, 5) is 8.92. The average molecular weight is 405 g/mol. The lowest BCUT2D eigenvalue weighted by Gasteiger charge is -2.29. The molecule has 2 heterocycles. The van der Waals surface area contributed by atoms with Gasteiger partial charge in [-0.05, 0) is 24.1 Å². The van der Waals surface area contributed by atoms with E-state index in [9.17, 15) is 0 Å². The highest BCUT2D eigenvalue weighted by atomic mass is 35.5. The van der Waals surface area contributed by atoms with Crippen LogP contribution in [0.5, 0.6) is 0 Å². The predicted octanol–water partition coefficient (Wildman–Crippen LogP) is 2.54. The number of nitrogens with one attached hydrogen (secondary N) is 2. The average Bonchev–Trinajstić information content (AvgIpc) is 3.07. The molecule has 1 unspecified atom stereocenters. The summed E-state index contributed by atoms with van der Waals surface area (Å²) in [5, 5.41) is 12.3. The third kappa shape index (κ3) is 5.02. The van der Waals surface area contributed by atoms with E-state index in [0.717, 1.165) is 48.6 Å². The van der Waals surface area contributed by atoms with Crippen LogP contribution in [-0.4, -0.2) is 47.5 Å². The zero-order valence-electron chi connectivity index (χ0n) is 17.0. The summed E-state index contributed by atoms with van der Waals surface area (Å²) in [5.41, 5.74) is 1.18. The smallest absolute Gasteiger partial charge is 0.191 e. The minimum atomic E-state index is -0.0527. The fourth-order valence-electron chi connectivity index (χ4n) is 3.36. The Morgan fingerprint density at radius 1 is 1.36 bits per heavy atom. The molecule has 1 aromatic heterocycles. The molecule has 0 saturated heterocycles. The van der Waals surface area contributed by atoms with Gasteiger partial charge in [-0.25, -0.2) is 9.67 Å². The van der Waals surface area contributed by atoms with Crippen molar-refractivity contribution in [3.8, 4) is 0 Å². The highest BCUT2D eigenvalue weighted by molar-refractivity contribution is 6.30.